The van der Waals surface area contributed by atoms with Gasteiger partial charge in [-0.2, -0.15) is 4.31 Å². The lowest BCUT2D eigenvalue weighted by Gasteiger charge is -2.37. The number of rotatable bonds is 5. The molecule has 0 bridgehead atoms. The molecule has 1 unspecified atom stereocenters. The molecule has 0 radical (unpaired) electrons. The first-order valence-electron chi connectivity index (χ1n) is 10.3. The van der Waals surface area contributed by atoms with Gasteiger partial charge in [-0.15, -0.1) is 0 Å². The summed E-state index contributed by atoms with van der Waals surface area (Å²) in [6.45, 7) is 3.98. The third-order valence-electron chi connectivity index (χ3n) is 5.84. The van der Waals surface area contributed by atoms with Crippen LogP contribution in [-0.2, 0) is 21.4 Å². The zero-order chi connectivity index (χ0) is 21.1. The predicted octanol–water partition coefficient (Wildman–Crippen LogP) is 2.84. The van der Waals surface area contributed by atoms with E-state index in [0.717, 1.165) is 24.7 Å². The third kappa shape index (κ3) is 4.54. The van der Waals surface area contributed by atoms with Gasteiger partial charge in [0, 0.05) is 44.3 Å². The van der Waals surface area contributed by atoms with Crippen molar-refractivity contribution in [3.63, 3.8) is 0 Å². The highest BCUT2D eigenvalue weighted by Crippen LogP contribution is 2.27. The molecule has 2 aliphatic rings. The molecule has 2 aromatic carbocycles. The fourth-order valence-corrected chi connectivity index (χ4v) is 5.99. The first-order chi connectivity index (χ1) is 14.4. The van der Waals surface area contributed by atoms with Crippen LogP contribution in [-0.4, -0.2) is 67.2 Å². The van der Waals surface area contributed by atoms with E-state index < -0.39 is 16.1 Å². The van der Waals surface area contributed by atoms with E-state index in [1.807, 2.05) is 29.2 Å². The van der Waals surface area contributed by atoms with Crippen LogP contribution in [0.1, 0.15) is 18.4 Å². The molecular weight excluding hydrogens is 422 g/mol. The molecule has 0 aliphatic carbocycles. The van der Waals surface area contributed by atoms with Crippen molar-refractivity contribution in [3.8, 4) is 0 Å². The maximum absolute atomic E-state index is 13.2. The highest BCUT2D eigenvalue weighted by molar-refractivity contribution is 7.89. The van der Waals surface area contributed by atoms with Crippen molar-refractivity contribution in [1.29, 1.82) is 0 Å². The molecule has 0 spiro atoms. The van der Waals surface area contributed by atoms with Crippen molar-refractivity contribution in [1.82, 2.24) is 14.1 Å². The van der Waals surface area contributed by atoms with Crippen molar-refractivity contribution in [2.45, 2.75) is 30.3 Å². The van der Waals surface area contributed by atoms with Gasteiger partial charge in [-0.25, -0.2) is 8.42 Å². The maximum atomic E-state index is 13.2. The molecule has 8 heteroatoms. The molecule has 6 nitrogen and oxygen atoms in total. The summed E-state index contributed by atoms with van der Waals surface area (Å²) in [5.74, 6) is -0.0712. The fourth-order valence-electron chi connectivity index (χ4n) is 4.19. The van der Waals surface area contributed by atoms with Gasteiger partial charge >= 0.3 is 0 Å². The summed E-state index contributed by atoms with van der Waals surface area (Å²) in [5.41, 5.74) is 1.19. The molecule has 2 aromatic rings. The number of hydrogen-bond donors (Lipinski definition) is 0. The van der Waals surface area contributed by atoms with Crippen LogP contribution in [0.5, 0.6) is 0 Å². The second-order valence-electron chi connectivity index (χ2n) is 7.81. The summed E-state index contributed by atoms with van der Waals surface area (Å²) in [7, 11) is -3.66. The quantitative estimate of drug-likeness (QED) is 0.707. The number of amides is 1. The van der Waals surface area contributed by atoms with E-state index in [9.17, 15) is 13.2 Å². The Bertz CT molecular complexity index is 974. The molecule has 2 aliphatic heterocycles. The molecule has 2 fully saturated rings. The number of nitrogens with zero attached hydrogens (tertiary/aromatic N) is 3. The molecule has 160 valence electrons. The molecule has 2 heterocycles. The van der Waals surface area contributed by atoms with Crippen molar-refractivity contribution in [3.05, 3.63) is 65.2 Å². The highest BCUT2D eigenvalue weighted by atomic mass is 35.5. The lowest BCUT2D eigenvalue weighted by atomic mass is 10.1. The lowest BCUT2D eigenvalue weighted by molar-refractivity contribution is -0.136. The molecule has 2 saturated heterocycles. The summed E-state index contributed by atoms with van der Waals surface area (Å²) in [4.78, 5) is 17.6. The molecule has 1 amide bonds. The van der Waals surface area contributed by atoms with E-state index in [0.29, 0.717) is 32.5 Å². The minimum atomic E-state index is -3.66. The molecule has 4 rings (SSSR count). The van der Waals surface area contributed by atoms with Crippen molar-refractivity contribution in [2.24, 2.45) is 0 Å². The normalized spacial score (nSPS) is 21.1. The Morgan fingerprint density at radius 2 is 1.60 bits per heavy atom. The number of carbonyl (C=O) groups is 1. The number of benzene rings is 2. The Morgan fingerprint density at radius 3 is 2.27 bits per heavy atom. The zero-order valence-electron chi connectivity index (χ0n) is 16.8. The Morgan fingerprint density at radius 1 is 0.933 bits per heavy atom. The van der Waals surface area contributed by atoms with E-state index in [1.165, 1.54) is 9.87 Å². The van der Waals surface area contributed by atoms with Gasteiger partial charge in [0.05, 0.1) is 4.90 Å². The summed E-state index contributed by atoms with van der Waals surface area (Å²) >= 11 is 5.95. The smallest absolute Gasteiger partial charge is 0.243 e. The Balaban J connectivity index is 1.38. The van der Waals surface area contributed by atoms with Gasteiger partial charge in [0.1, 0.15) is 6.04 Å². The van der Waals surface area contributed by atoms with Gasteiger partial charge in [-0.1, -0.05) is 41.9 Å². The van der Waals surface area contributed by atoms with Crippen LogP contribution < -0.4 is 0 Å². The van der Waals surface area contributed by atoms with Crippen molar-refractivity contribution < 1.29 is 13.2 Å². The standard InChI is InChI=1S/C22H26ClN3O3S/c23-19-10-8-18(9-11-19)17-24-13-15-25(16-14-24)22(27)21-7-4-12-26(21)30(28,29)20-5-2-1-3-6-20/h1-3,5-6,8-11,21H,4,7,12-17H2. The summed E-state index contributed by atoms with van der Waals surface area (Å²) in [5, 5.41) is 0.723. The summed E-state index contributed by atoms with van der Waals surface area (Å²) in [6.07, 6.45) is 1.29. The number of carbonyl (C=O) groups excluding carboxylic acids is 1. The predicted molar refractivity (Wildman–Crippen MR) is 117 cm³/mol. The molecule has 0 saturated carbocycles. The Hall–Kier alpha value is -1.93. The van der Waals surface area contributed by atoms with Crippen LogP contribution in [0, 0.1) is 0 Å². The maximum Gasteiger partial charge on any atom is 0.243 e. The van der Waals surface area contributed by atoms with Gasteiger partial charge in [0.15, 0.2) is 0 Å². The highest BCUT2D eigenvalue weighted by Gasteiger charge is 2.41. The van der Waals surface area contributed by atoms with Crippen LogP contribution in [0.2, 0.25) is 5.02 Å². The van der Waals surface area contributed by atoms with Crippen molar-refractivity contribution >= 4 is 27.5 Å². The molecular formula is C22H26ClN3O3S. The van der Waals surface area contributed by atoms with E-state index in [1.54, 1.807) is 30.3 Å². The first-order valence-corrected chi connectivity index (χ1v) is 12.1. The third-order valence-corrected chi connectivity index (χ3v) is 8.02. The second-order valence-corrected chi connectivity index (χ2v) is 10.1. The first kappa shape index (κ1) is 21.3. The molecule has 30 heavy (non-hydrogen) atoms. The van der Waals surface area contributed by atoms with E-state index in [2.05, 4.69) is 4.90 Å². The number of hydrogen-bond acceptors (Lipinski definition) is 4. The van der Waals surface area contributed by atoms with E-state index in [4.69, 9.17) is 11.6 Å². The summed E-state index contributed by atoms with van der Waals surface area (Å²) in [6, 6.07) is 15.6. The number of halogens is 1. The van der Waals surface area contributed by atoms with Crippen LogP contribution in [0.4, 0.5) is 0 Å². The molecule has 0 N–H and O–H groups in total. The Labute approximate surface area is 183 Å². The fraction of sp³-hybridized carbons (Fsp3) is 0.409. The van der Waals surface area contributed by atoms with E-state index in [-0.39, 0.29) is 10.8 Å². The second kappa shape index (κ2) is 9.06. The topological polar surface area (TPSA) is 60.9 Å². The van der Waals surface area contributed by atoms with Gasteiger partial charge < -0.3 is 4.90 Å². The monoisotopic (exact) mass is 447 g/mol. The minimum Gasteiger partial charge on any atom is -0.339 e. The van der Waals surface area contributed by atoms with E-state index >= 15 is 0 Å². The molecule has 0 aromatic heterocycles. The van der Waals surface area contributed by atoms with Crippen LogP contribution >= 0.6 is 11.6 Å². The van der Waals surface area contributed by atoms with Crippen molar-refractivity contribution in [2.75, 3.05) is 32.7 Å². The van der Waals surface area contributed by atoms with Gasteiger partial charge in [0.2, 0.25) is 15.9 Å². The largest absolute Gasteiger partial charge is 0.339 e. The zero-order valence-corrected chi connectivity index (χ0v) is 18.4. The average Bonchev–Trinajstić information content (AvgIpc) is 3.27. The van der Waals surface area contributed by atoms with Gasteiger partial charge in [-0.3, -0.25) is 9.69 Å². The SMILES string of the molecule is O=C(C1CCCN1S(=O)(=O)c1ccccc1)N1CCN(Cc2ccc(Cl)cc2)CC1. The lowest BCUT2D eigenvalue weighted by Crippen LogP contribution is -2.54. The summed E-state index contributed by atoms with van der Waals surface area (Å²) < 4.78 is 27.5. The number of piperazine rings is 1. The van der Waals surface area contributed by atoms with Crippen LogP contribution in [0.25, 0.3) is 0 Å². The van der Waals surface area contributed by atoms with Gasteiger partial charge in [-0.05, 0) is 42.7 Å². The molecule has 1 atom stereocenters. The Kier molecular flexibility index (Phi) is 6.43. The van der Waals surface area contributed by atoms with Crippen LogP contribution in [0.15, 0.2) is 59.5 Å². The number of sulfonamides is 1. The minimum absolute atomic E-state index is 0.0712. The van der Waals surface area contributed by atoms with Crippen LogP contribution in [0.3, 0.4) is 0 Å². The van der Waals surface area contributed by atoms with Gasteiger partial charge in [0.25, 0.3) is 0 Å². The average molecular weight is 448 g/mol.